The lowest BCUT2D eigenvalue weighted by Crippen LogP contribution is -2.54. The van der Waals surface area contributed by atoms with Gasteiger partial charge in [-0.3, -0.25) is 4.79 Å². The van der Waals surface area contributed by atoms with E-state index in [-0.39, 0.29) is 11.7 Å². The van der Waals surface area contributed by atoms with Crippen molar-refractivity contribution in [3.05, 3.63) is 29.3 Å². The number of rotatable bonds is 5. The quantitative estimate of drug-likeness (QED) is 0.761. The third kappa shape index (κ3) is 4.15. The highest BCUT2D eigenvalue weighted by molar-refractivity contribution is 7.89. The molecule has 26 heavy (non-hydrogen) atoms. The number of sulfonamides is 1. The fourth-order valence-corrected chi connectivity index (χ4v) is 5.69. The highest BCUT2D eigenvalue weighted by atomic mass is 35.5. The second-order valence-electron chi connectivity index (χ2n) is 6.88. The average Bonchev–Trinajstić information content (AvgIpc) is 3.12. The molecule has 0 aromatic heterocycles. The summed E-state index contributed by atoms with van der Waals surface area (Å²) in [4.78, 5) is 17.0. The summed E-state index contributed by atoms with van der Waals surface area (Å²) in [5, 5.41) is 0.698. The van der Waals surface area contributed by atoms with Gasteiger partial charge in [0.05, 0.1) is 5.75 Å². The SMILES string of the molecule is CCCS(=O)(=O)N1CCC[C@H]1C(=O)N1CCN(c2cccc(Cl)c2)CC1. The van der Waals surface area contributed by atoms with E-state index in [9.17, 15) is 13.2 Å². The van der Waals surface area contributed by atoms with Gasteiger partial charge in [-0.05, 0) is 37.5 Å². The molecule has 8 heteroatoms. The Morgan fingerprint density at radius 3 is 2.58 bits per heavy atom. The lowest BCUT2D eigenvalue weighted by atomic mass is 10.1. The first kappa shape index (κ1) is 19.5. The van der Waals surface area contributed by atoms with Crippen LogP contribution in [0.15, 0.2) is 24.3 Å². The monoisotopic (exact) mass is 399 g/mol. The molecule has 6 nitrogen and oxygen atoms in total. The Hall–Kier alpha value is -1.31. The fourth-order valence-electron chi connectivity index (χ4n) is 3.76. The molecule has 1 atom stereocenters. The number of hydrogen-bond acceptors (Lipinski definition) is 4. The summed E-state index contributed by atoms with van der Waals surface area (Å²) >= 11 is 6.06. The maximum absolute atomic E-state index is 12.9. The van der Waals surface area contributed by atoms with Crippen molar-refractivity contribution in [2.24, 2.45) is 0 Å². The highest BCUT2D eigenvalue weighted by Crippen LogP contribution is 2.25. The third-order valence-electron chi connectivity index (χ3n) is 5.07. The molecule has 1 aromatic rings. The standard InChI is InChI=1S/C18H26ClN3O3S/c1-2-13-26(24,25)22-8-4-7-17(22)18(23)21-11-9-20(10-12-21)16-6-3-5-15(19)14-16/h3,5-6,14,17H,2,4,7-13H2,1H3/t17-/m0/s1. The summed E-state index contributed by atoms with van der Waals surface area (Å²) in [5.41, 5.74) is 1.05. The Balaban J connectivity index is 1.63. The van der Waals surface area contributed by atoms with Gasteiger partial charge in [-0.25, -0.2) is 8.42 Å². The van der Waals surface area contributed by atoms with Gasteiger partial charge < -0.3 is 9.80 Å². The maximum Gasteiger partial charge on any atom is 0.241 e. The zero-order chi connectivity index (χ0) is 18.7. The summed E-state index contributed by atoms with van der Waals surface area (Å²) in [7, 11) is -3.34. The molecule has 2 aliphatic rings. The molecule has 0 N–H and O–H groups in total. The van der Waals surface area contributed by atoms with Gasteiger partial charge in [0.1, 0.15) is 6.04 Å². The summed E-state index contributed by atoms with van der Waals surface area (Å²) in [5.74, 6) is 0.0622. The van der Waals surface area contributed by atoms with Crippen molar-refractivity contribution in [1.29, 1.82) is 0 Å². The minimum atomic E-state index is -3.34. The van der Waals surface area contributed by atoms with Crippen LogP contribution in [0.4, 0.5) is 5.69 Å². The van der Waals surface area contributed by atoms with Crippen LogP contribution in [0.1, 0.15) is 26.2 Å². The Bertz CT molecular complexity index is 748. The topological polar surface area (TPSA) is 60.9 Å². The molecule has 2 fully saturated rings. The molecule has 0 spiro atoms. The molecule has 1 amide bonds. The summed E-state index contributed by atoms with van der Waals surface area (Å²) < 4.78 is 26.3. The second-order valence-corrected chi connectivity index (χ2v) is 9.35. The molecule has 0 bridgehead atoms. The lowest BCUT2D eigenvalue weighted by Gasteiger charge is -2.38. The molecule has 0 unspecified atom stereocenters. The number of halogens is 1. The molecule has 0 aliphatic carbocycles. The summed E-state index contributed by atoms with van der Waals surface area (Å²) in [6.45, 7) is 4.95. The number of carbonyl (C=O) groups excluding carboxylic acids is 1. The van der Waals surface area contributed by atoms with Gasteiger partial charge in [0.15, 0.2) is 0 Å². The van der Waals surface area contributed by atoms with Crippen LogP contribution >= 0.6 is 11.6 Å². The minimum absolute atomic E-state index is 0.0482. The van der Waals surface area contributed by atoms with E-state index in [1.54, 1.807) is 0 Å². The van der Waals surface area contributed by atoms with Gasteiger partial charge in [0.25, 0.3) is 0 Å². The minimum Gasteiger partial charge on any atom is -0.368 e. The number of carbonyl (C=O) groups is 1. The first-order chi connectivity index (χ1) is 12.4. The predicted molar refractivity (Wildman–Crippen MR) is 104 cm³/mol. The Kier molecular flexibility index (Phi) is 6.10. The van der Waals surface area contributed by atoms with Gasteiger partial charge in [0.2, 0.25) is 15.9 Å². The van der Waals surface area contributed by atoms with Crippen LogP contribution in [-0.4, -0.2) is 68.0 Å². The predicted octanol–water partition coefficient (Wildman–Crippen LogP) is 2.19. The van der Waals surface area contributed by atoms with E-state index in [2.05, 4.69) is 4.90 Å². The number of hydrogen-bond donors (Lipinski definition) is 0. The van der Waals surface area contributed by atoms with Crippen molar-refractivity contribution >= 4 is 33.2 Å². The van der Waals surface area contributed by atoms with Crippen molar-refractivity contribution in [1.82, 2.24) is 9.21 Å². The number of anilines is 1. The van der Waals surface area contributed by atoms with Crippen LogP contribution in [0.3, 0.4) is 0 Å². The first-order valence-electron chi connectivity index (χ1n) is 9.21. The molecule has 2 aliphatic heterocycles. The van der Waals surface area contributed by atoms with Crippen LogP contribution in [0.25, 0.3) is 0 Å². The van der Waals surface area contributed by atoms with Crippen LogP contribution in [0.2, 0.25) is 5.02 Å². The molecular weight excluding hydrogens is 374 g/mol. The van der Waals surface area contributed by atoms with Crippen molar-refractivity contribution in [2.75, 3.05) is 43.4 Å². The normalized spacial score (nSPS) is 22.0. The van der Waals surface area contributed by atoms with Gasteiger partial charge >= 0.3 is 0 Å². The number of benzene rings is 1. The second kappa shape index (κ2) is 8.15. The van der Waals surface area contributed by atoms with E-state index in [0.717, 1.165) is 25.2 Å². The largest absolute Gasteiger partial charge is 0.368 e. The first-order valence-corrected chi connectivity index (χ1v) is 11.2. The van der Waals surface area contributed by atoms with Gasteiger partial charge in [-0.2, -0.15) is 4.31 Å². The summed E-state index contributed by atoms with van der Waals surface area (Å²) in [6.07, 6.45) is 1.94. The van der Waals surface area contributed by atoms with E-state index in [1.165, 1.54) is 4.31 Å². The fraction of sp³-hybridized carbons (Fsp3) is 0.611. The third-order valence-corrected chi connectivity index (χ3v) is 7.38. The number of piperazine rings is 1. The Morgan fingerprint density at radius 2 is 1.92 bits per heavy atom. The van der Waals surface area contributed by atoms with Gasteiger partial charge in [0, 0.05) is 43.4 Å². The highest BCUT2D eigenvalue weighted by Gasteiger charge is 2.40. The number of nitrogens with zero attached hydrogens (tertiary/aromatic N) is 3. The molecule has 144 valence electrons. The number of amides is 1. The smallest absolute Gasteiger partial charge is 0.241 e. The van der Waals surface area contributed by atoms with Crippen LogP contribution < -0.4 is 4.90 Å². The van der Waals surface area contributed by atoms with Crippen molar-refractivity contribution in [2.45, 2.75) is 32.2 Å². The zero-order valence-electron chi connectivity index (χ0n) is 15.1. The van der Waals surface area contributed by atoms with Crippen LogP contribution in [0.5, 0.6) is 0 Å². The van der Waals surface area contributed by atoms with E-state index in [4.69, 9.17) is 11.6 Å². The molecular formula is C18H26ClN3O3S. The van der Waals surface area contributed by atoms with Crippen LogP contribution in [-0.2, 0) is 14.8 Å². The molecule has 2 saturated heterocycles. The molecule has 0 radical (unpaired) electrons. The van der Waals surface area contributed by atoms with Crippen LogP contribution in [0, 0.1) is 0 Å². The Morgan fingerprint density at radius 1 is 1.19 bits per heavy atom. The molecule has 0 saturated carbocycles. The zero-order valence-corrected chi connectivity index (χ0v) is 16.7. The van der Waals surface area contributed by atoms with E-state index in [1.807, 2.05) is 36.1 Å². The van der Waals surface area contributed by atoms with Gasteiger partial charge in [-0.15, -0.1) is 0 Å². The summed E-state index contributed by atoms with van der Waals surface area (Å²) in [6, 6.07) is 7.18. The lowest BCUT2D eigenvalue weighted by molar-refractivity contribution is -0.134. The molecule has 1 aromatic carbocycles. The van der Waals surface area contributed by atoms with E-state index in [0.29, 0.717) is 37.5 Å². The van der Waals surface area contributed by atoms with E-state index >= 15 is 0 Å². The van der Waals surface area contributed by atoms with Crippen molar-refractivity contribution < 1.29 is 13.2 Å². The Labute approximate surface area is 160 Å². The molecule has 2 heterocycles. The average molecular weight is 400 g/mol. The van der Waals surface area contributed by atoms with Crippen molar-refractivity contribution in [3.63, 3.8) is 0 Å². The van der Waals surface area contributed by atoms with E-state index < -0.39 is 16.1 Å². The maximum atomic E-state index is 12.9. The van der Waals surface area contributed by atoms with Crippen molar-refractivity contribution in [3.8, 4) is 0 Å². The molecule has 3 rings (SSSR count). The van der Waals surface area contributed by atoms with Gasteiger partial charge in [-0.1, -0.05) is 24.6 Å².